The number of hydrogen-bond acceptors (Lipinski definition) is 2. The van der Waals surface area contributed by atoms with E-state index in [0.29, 0.717) is 26.2 Å². The van der Waals surface area contributed by atoms with Crippen LogP contribution in [0, 0.1) is 7.14 Å². The molecular formula is C19H18I2N2O2. The third-order valence-corrected chi connectivity index (χ3v) is 6.16. The summed E-state index contributed by atoms with van der Waals surface area (Å²) in [5.41, 5.74) is 1.47. The summed E-state index contributed by atoms with van der Waals surface area (Å²) in [5, 5.41) is 0. The predicted molar refractivity (Wildman–Crippen MR) is 115 cm³/mol. The Morgan fingerprint density at radius 1 is 0.680 bits per heavy atom. The molecule has 2 aromatic carbocycles. The Hall–Kier alpha value is -1.16. The fraction of sp³-hybridized carbons (Fsp3) is 0.263. The summed E-state index contributed by atoms with van der Waals surface area (Å²) >= 11 is 4.39. The number of halogens is 2. The molecule has 1 fully saturated rings. The first kappa shape index (κ1) is 18.6. The van der Waals surface area contributed by atoms with E-state index in [1.165, 1.54) is 0 Å². The molecule has 1 aliphatic heterocycles. The van der Waals surface area contributed by atoms with Gasteiger partial charge in [0.25, 0.3) is 11.8 Å². The predicted octanol–water partition coefficient (Wildman–Crippen LogP) is 3.88. The van der Waals surface area contributed by atoms with E-state index in [9.17, 15) is 9.59 Å². The number of hydrogen-bond donors (Lipinski definition) is 0. The Morgan fingerprint density at radius 3 is 1.48 bits per heavy atom. The maximum absolute atomic E-state index is 12.8. The van der Waals surface area contributed by atoms with Crippen molar-refractivity contribution in [3.8, 4) is 0 Å². The molecule has 4 nitrogen and oxygen atoms in total. The number of carbonyl (C=O) groups excluding carboxylic acids is 2. The molecule has 0 aromatic heterocycles. The van der Waals surface area contributed by atoms with Crippen LogP contribution >= 0.6 is 45.2 Å². The van der Waals surface area contributed by atoms with Gasteiger partial charge in [-0.05, 0) is 75.9 Å². The van der Waals surface area contributed by atoms with Crippen LogP contribution in [-0.4, -0.2) is 47.8 Å². The van der Waals surface area contributed by atoms with Crippen molar-refractivity contribution in [2.75, 3.05) is 26.2 Å². The second-order valence-corrected chi connectivity index (χ2v) is 8.22. The maximum Gasteiger partial charge on any atom is 0.254 e. The molecule has 0 spiro atoms. The smallest absolute Gasteiger partial charge is 0.254 e. The van der Waals surface area contributed by atoms with Gasteiger partial charge in [-0.3, -0.25) is 9.59 Å². The average molecular weight is 560 g/mol. The van der Waals surface area contributed by atoms with E-state index in [0.717, 1.165) is 24.7 Å². The van der Waals surface area contributed by atoms with Gasteiger partial charge in [-0.25, -0.2) is 0 Å². The highest BCUT2D eigenvalue weighted by molar-refractivity contribution is 14.1. The molecule has 25 heavy (non-hydrogen) atoms. The third-order valence-electron chi connectivity index (χ3n) is 4.28. The van der Waals surface area contributed by atoms with E-state index in [-0.39, 0.29) is 11.8 Å². The molecule has 0 atom stereocenters. The van der Waals surface area contributed by atoms with Gasteiger partial charge in [-0.1, -0.05) is 24.3 Å². The number of carbonyl (C=O) groups is 2. The summed E-state index contributed by atoms with van der Waals surface area (Å²) in [6.07, 6.45) is 0.796. The summed E-state index contributed by atoms with van der Waals surface area (Å²) < 4.78 is 1.92. The number of benzene rings is 2. The summed E-state index contributed by atoms with van der Waals surface area (Å²) in [6, 6.07) is 15.3. The van der Waals surface area contributed by atoms with Gasteiger partial charge < -0.3 is 9.80 Å². The Bertz CT molecular complexity index is 729. The molecule has 0 unspecified atom stereocenters. The summed E-state index contributed by atoms with van der Waals surface area (Å²) in [4.78, 5) is 29.3. The highest BCUT2D eigenvalue weighted by Crippen LogP contribution is 2.18. The lowest BCUT2D eigenvalue weighted by Crippen LogP contribution is -2.37. The molecule has 1 saturated heterocycles. The van der Waals surface area contributed by atoms with Crippen LogP contribution in [-0.2, 0) is 0 Å². The van der Waals surface area contributed by atoms with E-state index >= 15 is 0 Å². The van der Waals surface area contributed by atoms with Crippen LogP contribution in [0.3, 0.4) is 0 Å². The van der Waals surface area contributed by atoms with Crippen molar-refractivity contribution in [1.29, 1.82) is 0 Å². The average Bonchev–Trinajstić information content (AvgIpc) is 2.87. The van der Waals surface area contributed by atoms with Crippen molar-refractivity contribution in [1.82, 2.24) is 9.80 Å². The van der Waals surface area contributed by atoms with Gasteiger partial charge in [0, 0.05) is 33.3 Å². The number of nitrogens with zero attached hydrogens (tertiary/aromatic N) is 2. The summed E-state index contributed by atoms with van der Waals surface area (Å²) in [6.45, 7) is 2.50. The van der Waals surface area contributed by atoms with Gasteiger partial charge in [0.15, 0.2) is 0 Å². The van der Waals surface area contributed by atoms with E-state index in [4.69, 9.17) is 0 Å². The molecule has 130 valence electrons. The van der Waals surface area contributed by atoms with E-state index in [2.05, 4.69) is 45.2 Å². The minimum absolute atomic E-state index is 0.0496. The monoisotopic (exact) mass is 560 g/mol. The first-order chi connectivity index (χ1) is 12.1. The molecule has 1 aliphatic rings. The van der Waals surface area contributed by atoms with Gasteiger partial charge in [-0.15, -0.1) is 0 Å². The van der Waals surface area contributed by atoms with Crippen LogP contribution < -0.4 is 0 Å². The minimum atomic E-state index is 0.0496. The van der Waals surface area contributed by atoms with Gasteiger partial charge in [0.2, 0.25) is 0 Å². The zero-order valence-corrected chi connectivity index (χ0v) is 17.9. The van der Waals surface area contributed by atoms with E-state index < -0.39 is 0 Å². The number of rotatable bonds is 2. The third kappa shape index (κ3) is 4.33. The van der Waals surface area contributed by atoms with Crippen molar-refractivity contribution in [3.63, 3.8) is 0 Å². The van der Waals surface area contributed by atoms with Crippen molar-refractivity contribution >= 4 is 57.0 Å². The van der Waals surface area contributed by atoms with Crippen LogP contribution in [0.2, 0.25) is 0 Å². The minimum Gasteiger partial charge on any atom is -0.337 e. The topological polar surface area (TPSA) is 40.6 Å². The molecule has 0 bridgehead atoms. The van der Waals surface area contributed by atoms with E-state index in [1.54, 1.807) is 0 Å². The standard InChI is InChI=1S/C19H18I2N2O2/c20-16-8-3-1-6-14(16)18(24)22-10-5-11-23(13-12-22)19(25)15-7-2-4-9-17(15)21/h1-4,6-9H,5,10-13H2. The fourth-order valence-corrected chi connectivity index (χ4v) is 4.17. The van der Waals surface area contributed by atoms with Gasteiger partial charge in [-0.2, -0.15) is 0 Å². The Balaban J connectivity index is 1.70. The fourth-order valence-electron chi connectivity index (χ4n) is 2.93. The van der Waals surface area contributed by atoms with Gasteiger partial charge in [0.1, 0.15) is 0 Å². The maximum atomic E-state index is 12.8. The number of amides is 2. The highest BCUT2D eigenvalue weighted by atomic mass is 127. The first-order valence-electron chi connectivity index (χ1n) is 8.15. The Kier molecular flexibility index (Phi) is 6.32. The largest absolute Gasteiger partial charge is 0.337 e. The molecule has 2 aromatic rings. The normalized spacial score (nSPS) is 15.0. The van der Waals surface area contributed by atoms with Gasteiger partial charge in [0.05, 0.1) is 11.1 Å². The molecular weight excluding hydrogens is 542 g/mol. The van der Waals surface area contributed by atoms with E-state index in [1.807, 2.05) is 58.3 Å². The second-order valence-electron chi connectivity index (χ2n) is 5.90. The SMILES string of the molecule is O=C(c1ccccc1I)N1CCCN(C(=O)c2ccccc2I)CC1. The lowest BCUT2D eigenvalue weighted by Gasteiger charge is -2.23. The molecule has 0 aliphatic carbocycles. The lowest BCUT2D eigenvalue weighted by atomic mass is 10.2. The molecule has 3 rings (SSSR count). The molecule has 1 heterocycles. The summed E-state index contributed by atoms with van der Waals surface area (Å²) in [5.74, 6) is 0.0992. The van der Waals surface area contributed by atoms with Crippen molar-refractivity contribution in [2.24, 2.45) is 0 Å². The molecule has 0 radical (unpaired) electrons. The van der Waals surface area contributed by atoms with Crippen LogP contribution in [0.5, 0.6) is 0 Å². The molecule has 0 saturated carbocycles. The molecule has 2 amide bonds. The highest BCUT2D eigenvalue weighted by Gasteiger charge is 2.25. The second kappa shape index (κ2) is 8.48. The molecule has 0 N–H and O–H groups in total. The molecule has 6 heteroatoms. The van der Waals surface area contributed by atoms with Crippen LogP contribution in [0.1, 0.15) is 27.1 Å². The van der Waals surface area contributed by atoms with Crippen LogP contribution in [0.4, 0.5) is 0 Å². The van der Waals surface area contributed by atoms with Crippen LogP contribution in [0.25, 0.3) is 0 Å². The van der Waals surface area contributed by atoms with Crippen LogP contribution in [0.15, 0.2) is 48.5 Å². The quantitative estimate of drug-likeness (QED) is 0.524. The van der Waals surface area contributed by atoms with Crippen molar-refractivity contribution in [3.05, 3.63) is 66.8 Å². The van der Waals surface area contributed by atoms with Crippen molar-refractivity contribution in [2.45, 2.75) is 6.42 Å². The summed E-state index contributed by atoms with van der Waals surface area (Å²) in [7, 11) is 0. The Labute approximate surface area is 174 Å². The van der Waals surface area contributed by atoms with Crippen molar-refractivity contribution < 1.29 is 9.59 Å². The Morgan fingerprint density at radius 2 is 1.08 bits per heavy atom. The zero-order chi connectivity index (χ0) is 17.8. The zero-order valence-electron chi connectivity index (χ0n) is 13.6. The lowest BCUT2D eigenvalue weighted by molar-refractivity contribution is 0.0717. The van der Waals surface area contributed by atoms with Gasteiger partial charge >= 0.3 is 0 Å². The first-order valence-corrected chi connectivity index (χ1v) is 10.3.